The lowest BCUT2D eigenvalue weighted by Crippen LogP contribution is -2.43. The summed E-state index contributed by atoms with van der Waals surface area (Å²) in [5, 5.41) is 5.24. The van der Waals surface area contributed by atoms with Crippen LogP contribution in [0.3, 0.4) is 0 Å². The van der Waals surface area contributed by atoms with E-state index in [9.17, 15) is 14.0 Å². The van der Waals surface area contributed by atoms with Gasteiger partial charge in [-0.05, 0) is 37.6 Å². The van der Waals surface area contributed by atoms with Crippen molar-refractivity contribution in [2.45, 2.75) is 44.4 Å². The third kappa shape index (κ3) is 7.79. The monoisotopic (exact) mass is 355 g/mol. The first-order chi connectivity index (χ1) is 11.5. The molecular formula is C17H26FN3O2S. The number of carbonyl (C=O) groups excluding carboxylic acids is 2. The van der Waals surface area contributed by atoms with E-state index in [2.05, 4.69) is 17.6 Å². The van der Waals surface area contributed by atoms with Gasteiger partial charge in [-0.1, -0.05) is 19.8 Å². The fraction of sp³-hybridized carbons (Fsp3) is 0.529. The summed E-state index contributed by atoms with van der Waals surface area (Å²) in [5.74, 6) is -0.548. The van der Waals surface area contributed by atoms with E-state index in [1.54, 1.807) is 6.92 Å². The molecule has 24 heavy (non-hydrogen) atoms. The maximum absolute atomic E-state index is 12.8. The van der Waals surface area contributed by atoms with Crippen molar-refractivity contribution in [2.24, 2.45) is 5.73 Å². The van der Waals surface area contributed by atoms with Crippen LogP contribution < -0.4 is 16.4 Å². The van der Waals surface area contributed by atoms with Gasteiger partial charge in [-0.3, -0.25) is 9.59 Å². The van der Waals surface area contributed by atoms with Gasteiger partial charge in [0, 0.05) is 18.3 Å². The molecule has 4 N–H and O–H groups in total. The maximum atomic E-state index is 12.8. The largest absolute Gasteiger partial charge is 0.351 e. The van der Waals surface area contributed by atoms with E-state index >= 15 is 0 Å². The van der Waals surface area contributed by atoms with Crippen LogP contribution >= 0.6 is 11.8 Å². The highest BCUT2D eigenvalue weighted by atomic mass is 32.2. The summed E-state index contributed by atoms with van der Waals surface area (Å²) in [7, 11) is 0. The molecule has 134 valence electrons. The quantitative estimate of drug-likeness (QED) is 0.602. The number of anilines is 1. The predicted molar refractivity (Wildman–Crippen MR) is 97.5 cm³/mol. The molecule has 0 aromatic heterocycles. The van der Waals surface area contributed by atoms with Gasteiger partial charge < -0.3 is 16.4 Å². The molecule has 0 saturated heterocycles. The number of benzene rings is 1. The van der Waals surface area contributed by atoms with Gasteiger partial charge in [-0.15, -0.1) is 11.8 Å². The second-order valence-corrected chi connectivity index (χ2v) is 6.92. The number of halogens is 1. The van der Waals surface area contributed by atoms with E-state index in [0.717, 1.165) is 19.3 Å². The number of rotatable bonds is 10. The molecule has 2 amide bonds. The average Bonchev–Trinajstić information content (AvgIpc) is 2.58. The van der Waals surface area contributed by atoms with E-state index in [0.29, 0.717) is 12.2 Å². The van der Waals surface area contributed by atoms with Gasteiger partial charge in [-0.2, -0.15) is 0 Å². The number of nitrogens with one attached hydrogen (secondary N) is 2. The topological polar surface area (TPSA) is 84.2 Å². The Bertz CT molecular complexity index is 525. The third-order valence-electron chi connectivity index (χ3n) is 3.50. The van der Waals surface area contributed by atoms with Crippen LogP contribution in [0, 0.1) is 5.82 Å². The maximum Gasteiger partial charge on any atom is 0.234 e. The van der Waals surface area contributed by atoms with E-state index in [4.69, 9.17) is 5.73 Å². The number of hydrogen-bond acceptors (Lipinski definition) is 4. The molecule has 2 atom stereocenters. The van der Waals surface area contributed by atoms with Crippen LogP contribution in [0.5, 0.6) is 0 Å². The Kier molecular flexibility index (Phi) is 9.41. The molecule has 1 aromatic rings. The fourth-order valence-corrected chi connectivity index (χ4v) is 2.72. The van der Waals surface area contributed by atoms with E-state index < -0.39 is 0 Å². The minimum atomic E-state index is -0.356. The minimum absolute atomic E-state index is 0.0199. The number of thioether (sulfide) groups is 1. The van der Waals surface area contributed by atoms with Crippen LogP contribution in [0.25, 0.3) is 0 Å². The van der Waals surface area contributed by atoms with Gasteiger partial charge in [0.05, 0.1) is 11.0 Å². The lowest BCUT2D eigenvalue weighted by Gasteiger charge is -2.19. The van der Waals surface area contributed by atoms with Gasteiger partial charge in [0.1, 0.15) is 5.82 Å². The predicted octanol–water partition coefficient (Wildman–Crippen LogP) is 2.52. The molecule has 0 radical (unpaired) electrons. The number of hydrogen-bond donors (Lipinski definition) is 3. The van der Waals surface area contributed by atoms with Crippen molar-refractivity contribution in [3.8, 4) is 0 Å². The Morgan fingerprint density at radius 3 is 2.54 bits per heavy atom. The van der Waals surface area contributed by atoms with Gasteiger partial charge in [0.2, 0.25) is 11.8 Å². The van der Waals surface area contributed by atoms with Gasteiger partial charge in [0.25, 0.3) is 0 Å². The van der Waals surface area contributed by atoms with E-state index in [-0.39, 0.29) is 34.7 Å². The summed E-state index contributed by atoms with van der Waals surface area (Å²) in [6.07, 6.45) is 2.94. The van der Waals surface area contributed by atoms with Crippen molar-refractivity contribution in [2.75, 3.05) is 17.6 Å². The summed E-state index contributed by atoms with van der Waals surface area (Å²) in [6.45, 7) is 4.26. The summed E-state index contributed by atoms with van der Waals surface area (Å²) in [6, 6.07) is 5.53. The molecule has 0 aliphatic carbocycles. The molecule has 1 rings (SSSR count). The van der Waals surface area contributed by atoms with Crippen LogP contribution in [0.4, 0.5) is 10.1 Å². The zero-order valence-corrected chi connectivity index (χ0v) is 15.0. The van der Waals surface area contributed by atoms with Crippen LogP contribution in [-0.2, 0) is 9.59 Å². The van der Waals surface area contributed by atoms with Crippen molar-refractivity contribution in [1.29, 1.82) is 0 Å². The highest BCUT2D eigenvalue weighted by Gasteiger charge is 2.18. The fourth-order valence-electron chi connectivity index (χ4n) is 2.02. The lowest BCUT2D eigenvalue weighted by molar-refractivity contribution is -0.121. The molecule has 0 aliphatic heterocycles. The minimum Gasteiger partial charge on any atom is -0.351 e. The molecule has 0 aliphatic rings. The van der Waals surface area contributed by atoms with Crippen LogP contribution in [0.2, 0.25) is 0 Å². The van der Waals surface area contributed by atoms with Crippen molar-refractivity contribution in [1.82, 2.24) is 5.32 Å². The van der Waals surface area contributed by atoms with E-state index in [1.807, 2.05) is 0 Å². The Balaban J connectivity index is 2.35. The average molecular weight is 355 g/mol. The summed E-state index contributed by atoms with van der Waals surface area (Å²) in [4.78, 5) is 24.0. The first-order valence-corrected chi connectivity index (χ1v) is 9.18. The summed E-state index contributed by atoms with van der Waals surface area (Å²) < 4.78 is 12.8. The molecule has 1 aromatic carbocycles. The van der Waals surface area contributed by atoms with E-state index in [1.165, 1.54) is 36.0 Å². The molecule has 0 fully saturated rings. The van der Waals surface area contributed by atoms with Crippen molar-refractivity contribution in [3.05, 3.63) is 30.1 Å². The Morgan fingerprint density at radius 1 is 1.29 bits per heavy atom. The Morgan fingerprint density at radius 2 is 1.96 bits per heavy atom. The molecule has 7 heteroatoms. The first kappa shape index (κ1) is 20.4. The highest BCUT2D eigenvalue weighted by Crippen LogP contribution is 2.13. The molecule has 0 spiro atoms. The van der Waals surface area contributed by atoms with Gasteiger partial charge in [0.15, 0.2) is 0 Å². The molecule has 5 nitrogen and oxygen atoms in total. The smallest absolute Gasteiger partial charge is 0.234 e. The van der Waals surface area contributed by atoms with Gasteiger partial charge >= 0.3 is 0 Å². The lowest BCUT2D eigenvalue weighted by atomic mass is 10.1. The number of amides is 2. The number of unbranched alkanes of at least 4 members (excludes halogenated alkanes) is 1. The number of carbonyl (C=O) groups is 2. The van der Waals surface area contributed by atoms with Gasteiger partial charge in [-0.25, -0.2) is 4.39 Å². The Hall–Kier alpha value is -1.60. The molecular weight excluding hydrogens is 329 g/mol. The van der Waals surface area contributed by atoms with Crippen LogP contribution in [0.15, 0.2) is 24.3 Å². The zero-order valence-electron chi connectivity index (χ0n) is 14.2. The highest BCUT2D eigenvalue weighted by molar-refractivity contribution is 8.01. The van der Waals surface area contributed by atoms with Crippen LogP contribution in [-0.4, -0.2) is 35.4 Å². The molecule has 0 heterocycles. The second kappa shape index (κ2) is 11.0. The van der Waals surface area contributed by atoms with Crippen LogP contribution in [0.1, 0.15) is 33.1 Å². The summed E-state index contributed by atoms with van der Waals surface area (Å²) in [5.41, 5.74) is 6.20. The van der Waals surface area contributed by atoms with Crippen molar-refractivity contribution < 1.29 is 14.0 Å². The standard InChI is InChI=1S/C17H26FN3O2S/c1-3-4-5-15(10-19)21-17(23)12(2)24-11-16(22)20-14-8-6-13(18)7-9-14/h6-9,12,15H,3-5,10-11,19H2,1-2H3,(H,20,22)(H,21,23). The van der Waals surface area contributed by atoms with Crippen molar-refractivity contribution >= 4 is 29.3 Å². The zero-order chi connectivity index (χ0) is 17.9. The normalized spacial score (nSPS) is 13.2. The SMILES string of the molecule is CCCCC(CN)NC(=O)C(C)SCC(=O)Nc1ccc(F)cc1. The summed E-state index contributed by atoms with van der Waals surface area (Å²) >= 11 is 1.25. The Labute approximate surface area is 146 Å². The van der Waals surface area contributed by atoms with Crippen molar-refractivity contribution in [3.63, 3.8) is 0 Å². The molecule has 0 bridgehead atoms. The molecule has 0 saturated carbocycles. The second-order valence-electron chi connectivity index (χ2n) is 5.59. The third-order valence-corrected chi connectivity index (χ3v) is 4.64. The molecule has 2 unspecified atom stereocenters. The number of nitrogens with two attached hydrogens (primary N) is 1. The first-order valence-electron chi connectivity index (χ1n) is 8.13.